The Morgan fingerprint density at radius 1 is 0.286 bits per heavy atom. The predicted molar refractivity (Wildman–Crippen MR) is 302 cm³/mol. The highest BCUT2D eigenvalue weighted by Gasteiger charge is 2.19. The van der Waals surface area contributed by atoms with Gasteiger partial charge < -0.3 is 14.2 Å². The highest BCUT2D eigenvalue weighted by Crippen LogP contribution is 2.15. The second-order valence-electron chi connectivity index (χ2n) is 19.9. The molecule has 0 heterocycles. The summed E-state index contributed by atoms with van der Waals surface area (Å²) < 4.78 is 16.9. The van der Waals surface area contributed by atoms with Gasteiger partial charge in [-0.15, -0.1) is 0 Å². The van der Waals surface area contributed by atoms with Crippen LogP contribution in [-0.4, -0.2) is 37.2 Å². The molecule has 0 aliphatic rings. The first kappa shape index (κ1) is 66.9. The van der Waals surface area contributed by atoms with E-state index >= 15 is 0 Å². The first-order valence-corrected chi connectivity index (χ1v) is 29.9. The Bertz CT molecular complexity index is 1310. The van der Waals surface area contributed by atoms with Crippen molar-refractivity contribution in [1.29, 1.82) is 0 Å². The molecule has 0 aromatic heterocycles. The van der Waals surface area contributed by atoms with Gasteiger partial charge in [0.2, 0.25) is 0 Å². The molecule has 0 aromatic rings. The SMILES string of the molecule is CCCCC/C=C\C/C=C\C/C=C\CCCCCCCCC(=O)OCC(COC(=O)CCCCCCC/C=C\C/C=C\CCCCCC)OC(=O)CCCCCCCCC/C=C\CCCCCCCC. The molecule has 1 atom stereocenters. The number of carbonyl (C=O) groups is 3. The Kier molecular flexibility index (Phi) is 55.8. The fraction of sp³-hybridized carbons (Fsp3) is 0.766. The van der Waals surface area contributed by atoms with Crippen LogP contribution in [0.3, 0.4) is 0 Å². The Hall–Kier alpha value is -3.15. The van der Waals surface area contributed by atoms with Gasteiger partial charge in [-0.05, 0) is 116 Å². The van der Waals surface area contributed by atoms with Crippen LogP contribution in [0.15, 0.2) is 72.9 Å². The molecule has 0 bridgehead atoms. The summed E-state index contributed by atoms with van der Waals surface area (Å²) in [6.07, 6.45) is 74.5. The second kappa shape index (κ2) is 58.4. The van der Waals surface area contributed by atoms with E-state index in [1.807, 2.05) is 0 Å². The number of hydrogen-bond donors (Lipinski definition) is 0. The molecule has 1 unspecified atom stereocenters. The molecule has 0 aliphatic heterocycles. The standard InChI is InChI=1S/C64H112O6/c1-4-7-10-13-16-19-22-25-28-31-32-34-36-39-42-45-48-51-54-57-63(66)69-60-61(59-68-62(65)56-53-50-47-44-41-38-35-30-27-24-21-18-15-12-9-6-3)70-64(67)58-55-52-49-46-43-40-37-33-29-26-23-20-17-14-11-8-5-2/h16,19,21,24-26,28-30,32,34-35,61H,4-15,17-18,20,22-23,27,31,33,36-60H2,1-3H3/b19-16-,24-21-,28-25-,29-26-,34-32-,35-30-. The summed E-state index contributed by atoms with van der Waals surface area (Å²) in [4.78, 5) is 38.2. The lowest BCUT2D eigenvalue weighted by molar-refractivity contribution is -0.167. The third-order valence-corrected chi connectivity index (χ3v) is 12.9. The van der Waals surface area contributed by atoms with Gasteiger partial charge in [-0.3, -0.25) is 14.4 Å². The lowest BCUT2D eigenvalue weighted by atomic mass is 10.1. The van der Waals surface area contributed by atoms with Crippen molar-refractivity contribution in [3.05, 3.63) is 72.9 Å². The van der Waals surface area contributed by atoms with Gasteiger partial charge in [0, 0.05) is 19.3 Å². The van der Waals surface area contributed by atoms with E-state index in [1.54, 1.807) is 0 Å². The number of rotatable bonds is 54. The van der Waals surface area contributed by atoms with Crippen LogP contribution in [0.1, 0.15) is 297 Å². The van der Waals surface area contributed by atoms with Crippen molar-refractivity contribution >= 4 is 17.9 Å². The number of hydrogen-bond acceptors (Lipinski definition) is 6. The topological polar surface area (TPSA) is 78.9 Å². The van der Waals surface area contributed by atoms with Crippen molar-refractivity contribution in [2.45, 2.75) is 303 Å². The summed E-state index contributed by atoms with van der Waals surface area (Å²) in [5.74, 6) is -0.907. The van der Waals surface area contributed by atoms with Crippen molar-refractivity contribution < 1.29 is 28.6 Å². The minimum Gasteiger partial charge on any atom is -0.462 e. The maximum absolute atomic E-state index is 12.9. The Balaban J connectivity index is 4.43. The minimum absolute atomic E-state index is 0.0879. The van der Waals surface area contributed by atoms with Crippen molar-refractivity contribution in [2.75, 3.05) is 13.2 Å². The largest absolute Gasteiger partial charge is 0.462 e. The zero-order chi connectivity index (χ0) is 50.7. The van der Waals surface area contributed by atoms with E-state index in [0.717, 1.165) is 96.3 Å². The van der Waals surface area contributed by atoms with E-state index in [4.69, 9.17) is 14.2 Å². The van der Waals surface area contributed by atoms with Crippen molar-refractivity contribution in [2.24, 2.45) is 0 Å². The monoisotopic (exact) mass is 977 g/mol. The van der Waals surface area contributed by atoms with Crippen LogP contribution in [0, 0.1) is 0 Å². The molecule has 0 amide bonds. The van der Waals surface area contributed by atoms with E-state index in [-0.39, 0.29) is 31.1 Å². The molecule has 0 rings (SSSR count). The first-order valence-electron chi connectivity index (χ1n) is 29.9. The van der Waals surface area contributed by atoms with Gasteiger partial charge >= 0.3 is 17.9 Å². The zero-order valence-electron chi connectivity index (χ0n) is 46.3. The highest BCUT2D eigenvalue weighted by atomic mass is 16.6. The number of esters is 3. The number of carbonyl (C=O) groups excluding carboxylic acids is 3. The third-order valence-electron chi connectivity index (χ3n) is 12.9. The lowest BCUT2D eigenvalue weighted by Gasteiger charge is -2.18. The summed E-state index contributed by atoms with van der Waals surface area (Å²) in [6, 6.07) is 0. The number of allylic oxidation sites excluding steroid dienone is 12. The average molecular weight is 978 g/mol. The zero-order valence-corrected chi connectivity index (χ0v) is 46.3. The van der Waals surface area contributed by atoms with E-state index < -0.39 is 6.10 Å². The molecule has 0 aliphatic carbocycles. The molecule has 0 N–H and O–H groups in total. The normalized spacial score (nSPS) is 12.6. The maximum Gasteiger partial charge on any atom is 0.306 e. The molecule has 70 heavy (non-hydrogen) atoms. The van der Waals surface area contributed by atoms with E-state index in [1.165, 1.54) is 161 Å². The Morgan fingerprint density at radius 2 is 0.514 bits per heavy atom. The van der Waals surface area contributed by atoms with Gasteiger partial charge in [-0.2, -0.15) is 0 Å². The molecule has 404 valence electrons. The average Bonchev–Trinajstić information content (AvgIpc) is 3.36. The summed E-state index contributed by atoms with van der Waals surface area (Å²) in [6.45, 7) is 6.59. The van der Waals surface area contributed by atoms with Crippen LogP contribution in [0.5, 0.6) is 0 Å². The summed E-state index contributed by atoms with van der Waals surface area (Å²) in [7, 11) is 0. The summed E-state index contributed by atoms with van der Waals surface area (Å²) in [5.41, 5.74) is 0. The van der Waals surface area contributed by atoms with Gasteiger partial charge in [0.25, 0.3) is 0 Å². The molecular formula is C64H112O6. The molecule has 0 saturated heterocycles. The van der Waals surface area contributed by atoms with Gasteiger partial charge in [0.1, 0.15) is 13.2 Å². The number of unbranched alkanes of at least 4 members (excludes halogenated alkanes) is 31. The van der Waals surface area contributed by atoms with Crippen molar-refractivity contribution in [3.63, 3.8) is 0 Å². The van der Waals surface area contributed by atoms with E-state index in [0.29, 0.717) is 19.3 Å². The summed E-state index contributed by atoms with van der Waals surface area (Å²) in [5, 5.41) is 0. The van der Waals surface area contributed by atoms with Gasteiger partial charge in [0.05, 0.1) is 0 Å². The van der Waals surface area contributed by atoms with Crippen molar-refractivity contribution in [1.82, 2.24) is 0 Å². The van der Waals surface area contributed by atoms with E-state index in [9.17, 15) is 14.4 Å². The predicted octanol–water partition coefficient (Wildman–Crippen LogP) is 20.2. The fourth-order valence-electron chi connectivity index (χ4n) is 8.36. The molecule has 0 fully saturated rings. The van der Waals surface area contributed by atoms with Gasteiger partial charge in [0.15, 0.2) is 6.10 Å². The maximum atomic E-state index is 12.9. The van der Waals surface area contributed by atoms with Crippen LogP contribution in [0.4, 0.5) is 0 Å². The lowest BCUT2D eigenvalue weighted by Crippen LogP contribution is -2.30. The van der Waals surface area contributed by atoms with Crippen LogP contribution in [0.25, 0.3) is 0 Å². The van der Waals surface area contributed by atoms with Gasteiger partial charge in [-0.1, -0.05) is 235 Å². The first-order chi connectivity index (χ1) is 34.5. The quantitative estimate of drug-likeness (QED) is 0.0261. The molecule has 6 nitrogen and oxygen atoms in total. The summed E-state index contributed by atoms with van der Waals surface area (Å²) >= 11 is 0. The molecule has 0 radical (unpaired) electrons. The van der Waals surface area contributed by atoms with Crippen LogP contribution >= 0.6 is 0 Å². The molecule has 6 heteroatoms. The Labute approximate surface area is 433 Å². The third kappa shape index (κ3) is 55.8. The fourth-order valence-corrected chi connectivity index (χ4v) is 8.36. The van der Waals surface area contributed by atoms with Gasteiger partial charge in [-0.25, -0.2) is 0 Å². The molecular weight excluding hydrogens is 865 g/mol. The molecule has 0 saturated carbocycles. The van der Waals surface area contributed by atoms with Crippen LogP contribution < -0.4 is 0 Å². The number of ether oxygens (including phenoxy) is 3. The van der Waals surface area contributed by atoms with Crippen molar-refractivity contribution in [3.8, 4) is 0 Å². The van der Waals surface area contributed by atoms with E-state index in [2.05, 4.69) is 93.7 Å². The highest BCUT2D eigenvalue weighted by molar-refractivity contribution is 5.71. The van der Waals surface area contributed by atoms with Crippen LogP contribution in [0.2, 0.25) is 0 Å². The van der Waals surface area contributed by atoms with Crippen LogP contribution in [-0.2, 0) is 28.6 Å². The Morgan fingerprint density at radius 3 is 0.857 bits per heavy atom. The molecule has 0 spiro atoms. The minimum atomic E-state index is -0.790. The molecule has 0 aromatic carbocycles. The smallest absolute Gasteiger partial charge is 0.306 e. The second-order valence-corrected chi connectivity index (χ2v) is 19.9.